The Kier molecular flexibility index (Phi) is 8.71. The lowest BCUT2D eigenvalue weighted by atomic mass is 9.99. The molecule has 2 aromatic rings. The van der Waals surface area contributed by atoms with Crippen LogP contribution in [0.15, 0.2) is 48.5 Å². The lowest BCUT2D eigenvalue weighted by Gasteiger charge is -2.37. The minimum atomic E-state index is -0.893. The number of rotatable bonds is 8. The van der Waals surface area contributed by atoms with Gasteiger partial charge in [0.1, 0.15) is 0 Å². The van der Waals surface area contributed by atoms with Crippen molar-refractivity contribution in [3.63, 3.8) is 0 Å². The lowest BCUT2D eigenvalue weighted by Crippen LogP contribution is -2.38. The molecule has 0 unspecified atom stereocenters. The van der Waals surface area contributed by atoms with Crippen LogP contribution >= 0.6 is 0 Å². The molecular weight excluding hydrogens is 464 g/mol. The second-order valence-corrected chi connectivity index (χ2v) is 9.42. The first-order chi connectivity index (χ1) is 17.3. The molecule has 0 saturated carbocycles. The van der Waals surface area contributed by atoms with Crippen molar-refractivity contribution < 1.29 is 34.0 Å². The second kappa shape index (κ2) is 11.9. The number of ether oxygens (including phenoxy) is 3. The van der Waals surface area contributed by atoms with Crippen LogP contribution in [0.25, 0.3) is 0 Å². The topological polar surface area (TPSA) is 118 Å². The van der Waals surface area contributed by atoms with Crippen LogP contribution in [0.3, 0.4) is 0 Å². The Bertz CT molecular complexity index is 1030. The Morgan fingerprint density at radius 3 is 2.42 bits per heavy atom. The number of likely N-dealkylation sites (tertiary alicyclic amines) is 1. The van der Waals surface area contributed by atoms with Gasteiger partial charge in [-0.05, 0) is 36.6 Å². The maximum atomic E-state index is 12.2. The molecule has 1 amide bonds. The summed E-state index contributed by atoms with van der Waals surface area (Å²) in [5.74, 6) is -0.930. The van der Waals surface area contributed by atoms with Gasteiger partial charge in [0.25, 0.3) is 5.91 Å². The largest absolute Gasteiger partial charge is 0.453 e. The number of anilines is 1. The number of hydrogen-bond donors (Lipinski definition) is 3. The molecule has 2 aliphatic heterocycles. The van der Waals surface area contributed by atoms with Crippen molar-refractivity contribution in [2.45, 2.75) is 64.0 Å². The van der Waals surface area contributed by atoms with Crippen LogP contribution in [0.2, 0.25) is 0 Å². The number of nitrogens with zero attached hydrogens (tertiary/aromatic N) is 1. The third-order valence-corrected chi connectivity index (χ3v) is 6.49. The highest BCUT2D eigenvalue weighted by Crippen LogP contribution is 2.38. The third kappa shape index (κ3) is 6.89. The van der Waals surface area contributed by atoms with Gasteiger partial charge in [-0.1, -0.05) is 36.4 Å². The zero-order valence-corrected chi connectivity index (χ0v) is 20.6. The molecule has 0 spiro atoms. The van der Waals surface area contributed by atoms with E-state index in [9.17, 15) is 19.8 Å². The van der Waals surface area contributed by atoms with Crippen molar-refractivity contribution in [3.05, 3.63) is 65.2 Å². The number of aliphatic hydroxyl groups excluding tert-OH is 2. The summed E-state index contributed by atoms with van der Waals surface area (Å²) in [6, 6.07) is 14.9. The fraction of sp³-hybridized carbons (Fsp3) is 0.481. The van der Waals surface area contributed by atoms with Crippen molar-refractivity contribution >= 4 is 17.6 Å². The third-order valence-electron chi connectivity index (χ3n) is 6.49. The van der Waals surface area contributed by atoms with Crippen LogP contribution in [0.5, 0.6) is 0 Å². The van der Waals surface area contributed by atoms with Crippen LogP contribution < -0.4 is 5.32 Å². The number of benzene rings is 2. The van der Waals surface area contributed by atoms with Gasteiger partial charge in [-0.25, -0.2) is 0 Å². The molecule has 0 bridgehead atoms. The fourth-order valence-corrected chi connectivity index (χ4v) is 4.57. The average Bonchev–Trinajstić information content (AvgIpc) is 3.28. The molecule has 0 aliphatic carbocycles. The molecule has 3 N–H and O–H groups in total. The minimum Gasteiger partial charge on any atom is -0.453 e. The van der Waals surface area contributed by atoms with Crippen molar-refractivity contribution in [1.82, 2.24) is 4.90 Å². The average molecular weight is 499 g/mol. The Hall–Kier alpha value is -2.82. The Balaban J connectivity index is 1.47. The van der Waals surface area contributed by atoms with Crippen LogP contribution in [-0.2, 0) is 30.4 Å². The smallest absolute Gasteiger partial charge is 0.303 e. The number of hydrogen-bond acceptors (Lipinski definition) is 8. The monoisotopic (exact) mass is 498 g/mol. The SMILES string of the molecule is CC(=O)O[C@@H](C)C(=O)Nc1ccc([C@@H]2O[C@H](CN3CC[C@H](O)C3)C[C@H](c3ccc(CO)cc3)O2)cc1. The van der Waals surface area contributed by atoms with Crippen LogP contribution in [0.1, 0.15) is 55.8 Å². The number of β-amino-alcohol motifs (C(OH)–C–C–N with tert-alkyl or cyclic N) is 1. The van der Waals surface area contributed by atoms with Crippen LogP contribution in [0, 0.1) is 0 Å². The Morgan fingerprint density at radius 1 is 1.11 bits per heavy atom. The molecule has 2 heterocycles. The van der Waals surface area contributed by atoms with Gasteiger partial charge in [-0.15, -0.1) is 0 Å². The molecule has 9 heteroatoms. The van der Waals surface area contributed by atoms with Crippen molar-refractivity contribution in [2.24, 2.45) is 0 Å². The summed E-state index contributed by atoms with van der Waals surface area (Å²) < 4.78 is 17.6. The number of carbonyl (C=O) groups is 2. The van der Waals surface area contributed by atoms with Crippen molar-refractivity contribution in [2.75, 3.05) is 25.0 Å². The summed E-state index contributed by atoms with van der Waals surface area (Å²) >= 11 is 0. The van der Waals surface area contributed by atoms with Gasteiger partial charge in [-0.3, -0.25) is 14.5 Å². The van der Waals surface area contributed by atoms with Crippen molar-refractivity contribution in [1.29, 1.82) is 0 Å². The molecule has 5 atom stereocenters. The zero-order chi connectivity index (χ0) is 25.7. The molecule has 194 valence electrons. The minimum absolute atomic E-state index is 0.0139. The molecule has 0 aromatic heterocycles. The number of amides is 1. The van der Waals surface area contributed by atoms with Gasteiger partial charge in [0.15, 0.2) is 12.4 Å². The fourth-order valence-electron chi connectivity index (χ4n) is 4.57. The van der Waals surface area contributed by atoms with E-state index in [0.717, 1.165) is 29.7 Å². The molecule has 2 fully saturated rings. The van der Waals surface area contributed by atoms with Gasteiger partial charge in [0.2, 0.25) is 0 Å². The standard InChI is InChI=1S/C27H34N2O7/c1-17(34-18(2)31)26(33)28-22-9-7-21(8-10-22)27-35-24(15-29-12-11-23(32)14-29)13-25(36-27)20-5-3-19(16-30)4-6-20/h3-10,17,23-25,27,30,32H,11-16H2,1-2H3,(H,28,33)/t17-,23-,24-,25+,27+/m0/s1. The van der Waals surface area contributed by atoms with Gasteiger partial charge in [0.05, 0.1) is 24.9 Å². The molecule has 2 saturated heterocycles. The summed E-state index contributed by atoms with van der Waals surface area (Å²) in [6.45, 7) is 4.94. The van der Waals surface area contributed by atoms with Gasteiger partial charge in [0, 0.05) is 44.2 Å². The summed E-state index contributed by atoms with van der Waals surface area (Å²) in [7, 11) is 0. The molecule has 2 aromatic carbocycles. The predicted molar refractivity (Wildman–Crippen MR) is 132 cm³/mol. The first-order valence-electron chi connectivity index (χ1n) is 12.3. The van der Waals surface area contributed by atoms with Crippen LogP contribution in [-0.4, -0.2) is 64.9 Å². The lowest BCUT2D eigenvalue weighted by molar-refractivity contribution is -0.252. The van der Waals surface area contributed by atoms with E-state index in [1.807, 2.05) is 36.4 Å². The van der Waals surface area contributed by atoms with E-state index in [0.29, 0.717) is 25.2 Å². The zero-order valence-electron chi connectivity index (χ0n) is 20.6. The predicted octanol–water partition coefficient (Wildman–Crippen LogP) is 2.68. The van der Waals surface area contributed by atoms with E-state index in [1.54, 1.807) is 12.1 Å². The van der Waals surface area contributed by atoms with Crippen LogP contribution in [0.4, 0.5) is 5.69 Å². The highest BCUT2D eigenvalue weighted by atomic mass is 16.7. The maximum absolute atomic E-state index is 12.2. The van der Waals surface area contributed by atoms with Gasteiger partial charge in [-0.2, -0.15) is 0 Å². The normalized spacial score (nSPS) is 25.3. The summed E-state index contributed by atoms with van der Waals surface area (Å²) in [5.41, 5.74) is 3.22. The number of nitrogens with one attached hydrogen (secondary N) is 1. The number of esters is 1. The summed E-state index contributed by atoms with van der Waals surface area (Å²) in [4.78, 5) is 25.5. The highest BCUT2D eigenvalue weighted by Gasteiger charge is 2.34. The van der Waals surface area contributed by atoms with E-state index < -0.39 is 24.3 Å². The molecule has 9 nitrogen and oxygen atoms in total. The van der Waals surface area contributed by atoms with E-state index in [4.69, 9.17) is 14.2 Å². The molecular formula is C27H34N2O7. The van der Waals surface area contributed by atoms with E-state index in [1.165, 1.54) is 13.8 Å². The van der Waals surface area contributed by atoms with Gasteiger partial charge < -0.3 is 29.7 Å². The summed E-state index contributed by atoms with van der Waals surface area (Å²) in [6.07, 6.45) is -0.656. The highest BCUT2D eigenvalue weighted by molar-refractivity contribution is 5.94. The first-order valence-corrected chi connectivity index (χ1v) is 12.3. The number of aliphatic hydroxyl groups is 2. The van der Waals surface area contributed by atoms with Crippen molar-refractivity contribution in [3.8, 4) is 0 Å². The van der Waals surface area contributed by atoms with Gasteiger partial charge >= 0.3 is 5.97 Å². The molecule has 2 aliphatic rings. The molecule has 0 radical (unpaired) electrons. The van der Waals surface area contributed by atoms with E-state index >= 15 is 0 Å². The van der Waals surface area contributed by atoms with E-state index in [2.05, 4.69) is 10.2 Å². The second-order valence-electron chi connectivity index (χ2n) is 9.42. The molecule has 4 rings (SSSR count). The quantitative estimate of drug-likeness (QED) is 0.476. The first kappa shape index (κ1) is 26.2. The number of carbonyl (C=O) groups excluding carboxylic acids is 2. The van der Waals surface area contributed by atoms with E-state index in [-0.39, 0.29) is 24.9 Å². The Morgan fingerprint density at radius 2 is 1.81 bits per heavy atom. The maximum Gasteiger partial charge on any atom is 0.303 e. The Labute approximate surface area is 211 Å². The molecule has 36 heavy (non-hydrogen) atoms. The summed E-state index contributed by atoms with van der Waals surface area (Å²) in [5, 5.41) is 22.0.